The largest absolute Gasteiger partial charge is 0.286 e. The van der Waals surface area contributed by atoms with Gasteiger partial charge >= 0.3 is 0 Å². The molecule has 1 aromatic heterocycles. The van der Waals surface area contributed by atoms with Gasteiger partial charge in [0.15, 0.2) is 0 Å². The molecule has 0 amide bonds. The van der Waals surface area contributed by atoms with E-state index in [1.807, 2.05) is 0 Å². The van der Waals surface area contributed by atoms with E-state index in [2.05, 4.69) is 69.8 Å². The second kappa shape index (κ2) is 3.33. The Morgan fingerprint density at radius 3 is 2.54 bits per heavy atom. The molecule has 0 saturated heterocycles. The standard InChI is InChI=1S/C11H12IN/c1-8(2)11-7-9-5-3-4-6-10(9)13(11)12/h3-8H,1-2H3. The number of para-hydroxylation sites is 1. The van der Waals surface area contributed by atoms with Gasteiger partial charge in [-0.1, -0.05) is 32.0 Å². The summed E-state index contributed by atoms with van der Waals surface area (Å²) in [5.41, 5.74) is 2.70. The van der Waals surface area contributed by atoms with Crippen LogP contribution in [0.15, 0.2) is 30.3 Å². The third kappa shape index (κ3) is 1.47. The molecule has 0 aliphatic rings. The first-order valence-electron chi connectivity index (χ1n) is 4.46. The number of hydrogen-bond acceptors (Lipinski definition) is 0. The molecule has 13 heavy (non-hydrogen) atoms. The highest BCUT2D eigenvalue weighted by Crippen LogP contribution is 2.26. The van der Waals surface area contributed by atoms with Gasteiger partial charge in [-0.2, -0.15) is 0 Å². The van der Waals surface area contributed by atoms with E-state index in [0.29, 0.717) is 5.92 Å². The molecule has 2 rings (SSSR count). The topological polar surface area (TPSA) is 4.93 Å². The first kappa shape index (κ1) is 9.06. The second-order valence-corrected chi connectivity index (χ2v) is 4.53. The van der Waals surface area contributed by atoms with Gasteiger partial charge in [-0.15, -0.1) is 0 Å². The van der Waals surface area contributed by atoms with Gasteiger partial charge in [0, 0.05) is 11.1 Å². The zero-order chi connectivity index (χ0) is 9.42. The van der Waals surface area contributed by atoms with Gasteiger partial charge in [-0.3, -0.25) is 2.78 Å². The first-order chi connectivity index (χ1) is 6.20. The van der Waals surface area contributed by atoms with E-state index in [0.717, 1.165) is 0 Å². The van der Waals surface area contributed by atoms with E-state index < -0.39 is 0 Å². The molecule has 0 fully saturated rings. The number of aromatic nitrogens is 1. The van der Waals surface area contributed by atoms with Crippen molar-refractivity contribution in [3.8, 4) is 0 Å². The smallest absolute Gasteiger partial charge is 0.0643 e. The summed E-state index contributed by atoms with van der Waals surface area (Å²) in [6.45, 7) is 4.45. The van der Waals surface area contributed by atoms with Crippen LogP contribution in [0.4, 0.5) is 0 Å². The number of nitrogens with zero attached hydrogens (tertiary/aromatic N) is 1. The van der Waals surface area contributed by atoms with Crippen LogP contribution in [0.3, 0.4) is 0 Å². The average molecular weight is 285 g/mol. The molecule has 0 spiro atoms. The van der Waals surface area contributed by atoms with Crippen LogP contribution in [0.25, 0.3) is 10.9 Å². The quantitative estimate of drug-likeness (QED) is 0.699. The lowest BCUT2D eigenvalue weighted by atomic mass is 10.1. The third-order valence-electron chi connectivity index (χ3n) is 2.27. The number of hydrogen-bond donors (Lipinski definition) is 0. The van der Waals surface area contributed by atoms with Crippen molar-refractivity contribution in [1.29, 1.82) is 0 Å². The Balaban J connectivity index is 2.74. The normalized spacial score (nSPS) is 11.4. The number of halogens is 1. The monoisotopic (exact) mass is 285 g/mol. The lowest BCUT2D eigenvalue weighted by Gasteiger charge is -2.04. The molecule has 1 aromatic carbocycles. The SMILES string of the molecule is CC(C)c1cc2ccccc2n1I. The summed E-state index contributed by atoms with van der Waals surface area (Å²) in [4.78, 5) is 0. The fraction of sp³-hybridized carbons (Fsp3) is 0.273. The van der Waals surface area contributed by atoms with E-state index in [4.69, 9.17) is 0 Å². The minimum Gasteiger partial charge on any atom is -0.286 e. The molecular weight excluding hydrogens is 273 g/mol. The maximum Gasteiger partial charge on any atom is 0.0643 e. The van der Waals surface area contributed by atoms with Crippen molar-refractivity contribution in [3.05, 3.63) is 36.0 Å². The number of fused-ring (bicyclic) bond motifs is 1. The van der Waals surface area contributed by atoms with Gasteiger partial charge in [0.1, 0.15) is 0 Å². The van der Waals surface area contributed by atoms with Crippen molar-refractivity contribution in [2.75, 3.05) is 0 Å². The minimum atomic E-state index is 0.587. The van der Waals surface area contributed by atoms with E-state index >= 15 is 0 Å². The fourth-order valence-corrected chi connectivity index (χ4v) is 2.67. The molecule has 0 N–H and O–H groups in total. The van der Waals surface area contributed by atoms with Crippen LogP contribution in [0, 0.1) is 0 Å². The molecule has 0 bridgehead atoms. The van der Waals surface area contributed by atoms with Gasteiger partial charge < -0.3 is 0 Å². The van der Waals surface area contributed by atoms with E-state index in [1.165, 1.54) is 16.6 Å². The zero-order valence-electron chi connectivity index (χ0n) is 7.79. The van der Waals surface area contributed by atoms with Crippen LogP contribution in [-0.4, -0.2) is 2.78 Å². The Morgan fingerprint density at radius 2 is 1.92 bits per heavy atom. The molecule has 2 aromatic rings. The van der Waals surface area contributed by atoms with Crippen LogP contribution in [0.2, 0.25) is 0 Å². The number of rotatable bonds is 1. The molecule has 1 nitrogen and oxygen atoms in total. The van der Waals surface area contributed by atoms with Gasteiger partial charge in [-0.25, -0.2) is 0 Å². The van der Waals surface area contributed by atoms with Crippen molar-refractivity contribution >= 4 is 33.8 Å². The fourth-order valence-electron chi connectivity index (χ4n) is 1.54. The van der Waals surface area contributed by atoms with Gasteiger partial charge in [0.2, 0.25) is 0 Å². The minimum absolute atomic E-state index is 0.587. The summed E-state index contributed by atoms with van der Waals surface area (Å²) in [6, 6.07) is 10.8. The van der Waals surface area contributed by atoms with Crippen LogP contribution < -0.4 is 0 Å². The Labute approximate surface area is 92.2 Å². The maximum absolute atomic E-state index is 2.37. The Morgan fingerprint density at radius 1 is 1.23 bits per heavy atom. The molecule has 0 atom stereocenters. The third-order valence-corrected chi connectivity index (χ3v) is 3.35. The van der Waals surface area contributed by atoms with Gasteiger partial charge in [0.05, 0.1) is 28.4 Å². The molecular formula is C11H12IN. The summed E-state index contributed by atoms with van der Waals surface area (Å²) < 4.78 is 2.25. The summed E-state index contributed by atoms with van der Waals surface area (Å²) in [5, 5.41) is 1.33. The molecule has 0 unspecified atom stereocenters. The van der Waals surface area contributed by atoms with Crippen molar-refractivity contribution in [2.24, 2.45) is 0 Å². The van der Waals surface area contributed by atoms with Crippen LogP contribution in [-0.2, 0) is 0 Å². The van der Waals surface area contributed by atoms with Gasteiger partial charge in [0.25, 0.3) is 0 Å². The predicted molar refractivity (Wildman–Crippen MR) is 65.4 cm³/mol. The maximum atomic E-state index is 2.37. The Kier molecular flexibility index (Phi) is 2.32. The molecule has 2 heteroatoms. The zero-order valence-corrected chi connectivity index (χ0v) is 9.95. The molecule has 1 heterocycles. The Hall–Kier alpha value is -0.510. The summed E-state index contributed by atoms with van der Waals surface area (Å²) >= 11 is 2.37. The summed E-state index contributed by atoms with van der Waals surface area (Å²) in [7, 11) is 0. The highest BCUT2D eigenvalue weighted by Gasteiger charge is 2.08. The lowest BCUT2D eigenvalue weighted by molar-refractivity contribution is 0.831. The van der Waals surface area contributed by atoms with E-state index in [9.17, 15) is 0 Å². The summed E-state index contributed by atoms with van der Waals surface area (Å²) in [5.74, 6) is 0.587. The molecule has 0 aliphatic carbocycles. The van der Waals surface area contributed by atoms with E-state index in [1.54, 1.807) is 0 Å². The first-order valence-corrected chi connectivity index (χ1v) is 5.43. The van der Waals surface area contributed by atoms with Crippen molar-refractivity contribution in [2.45, 2.75) is 19.8 Å². The van der Waals surface area contributed by atoms with Crippen LogP contribution >= 0.6 is 22.9 Å². The van der Waals surface area contributed by atoms with Crippen molar-refractivity contribution in [1.82, 2.24) is 2.78 Å². The highest BCUT2D eigenvalue weighted by molar-refractivity contribution is 14.1. The van der Waals surface area contributed by atoms with Crippen molar-refractivity contribution in [3.63, 3.8) is 0 Å². The second-order valence-electron chi connectivity index (χ2n) is 3.56. The summed E-state index contributed by atoms with van der Waals surface area (Å²) in [6.07, 6.45) is 0. The molecule has 0 aliphatic heterocycles. The highest BCUT2D eigenvalue weighted by atomic mass is 127. The molecule has 0 radical (unpaired) electrons. The van der Waals surface area contributed by atoms with Crippen LogP contribution in [0.5, 0.6) is 0 Å². The molecule has 0 saturated carbocycles. The van der Waals surface area contributed by atoms with E-state index in [-0.39, 0.29) is 0 Å². The molecule has 68 valence electrons. The average Bonchev–Trinajstić information content (AvgIpc) is 2.45. The van der Waals surface area contributed by atoms with Crippen LogP contribution in [0.1, 0.15) is 25.5 Å². The van der Waals surface area contributed by atoms with Crippen molar-refractivity contribution < 1.29 is 0 Å². The Bertz CT molecular complexity index is 429. The number of benzene rings is 1. The lowest BCUT2D eigenvalue weighted by Crippen LogP contribution is -1.91. The van der Waals surface area contributed by atoms with Gasteiger partial charge in [-0.05, 0) is 18.1 Å². The predicted octanol–water partition coefficient (Wildman–Crippen LogP) is 3.96.